The molecule has 2 aromatic rings. The molecular formula is C27H33NO5. The summed E-state index contributed by atoms with van der Waals surface area (Å²) < 4.78 is 16.3. The zero-order valence-electron chi connectivity index (χ0n) is 19.6. The van der Waals surface area contributed by atoms with Gasteiger partial charge in [-0.3, -0.25) is 4.79 Å². The SMILES string of the molecule is COc1ccc(/C=C/C(=O)N2CCC3(O)CCCCC3[C@@H]2c2ccccc2OC)cc1OC. The van der Waals surface area contributed by atoms with E-state index in [1.807, 2.05) is 47.4 Å². The van der Waals surface area contributed by atoms with E-state index in [-0.39, 0.29) is 17.9 Å². The minimum atomic E-state index is -0.742. The van der Waals surface area contributed by atoms with Crippen molar-refractivity contribution in [2.24, 2.45) is 5.92 Å². The fraction of sp³-hybridized carbons (Fsp3) is 0.444. The first-order valence-corrected chi connectivity index (χ1v) is 11.6. The minimum Gasteiger partial charge on any atom is -0.496 e. The van der Waals surface area contributed by atoms with Crippen molar-refractivity contribution < 1.29 is 24.1 Å². The van der Waals surface area contributed by atoms with Crippen LogP contribution in [0.3, 0.4) is 0 Å². The molecule has 2 unspecified atom stereocenters. The van der Waals surface area contributed by atoms with Gasteiger partial charge in [-0.15, -0.1) is 0 Å². The first kappa shape index (κ1) is 23.2. The predicted molar refractivity (Wildman–Crippen MR) is 128 cm³/mol. The average molecular weight is 452 g/mol. The summed E-state index contributed by atoms with van der Waals surface area (Å²) in [6.07, 6.45) is 7.76. The van der Waals surface area contributed by atoms with Crippen LogP contribution in [-0.2, 0) is 4.79 Å². The van der Waals surface area contributed by atoms with E-state index < -0.39 is 5.60 Å². The number of ether oxygens (including phenoxy) is 3. The van der Waals surface area contributed by atoms with Gasteiger partial charge in [-0.2, -0.15) is 0 Å². The molecule has 2 fully saturated rings. The molecule has 2 aromatic carbocycles. The monoisotopic (exact) mass is 451 g/mol. The molecule has 0 radical (unpaired) electrons. The number of hydrogen-bond acceptors (Lipinski definition) is 5. The first-order valence-electron chi connectivity index (χ1n) is 11.6. The number of carbonyl (C=O) groups excluding carboxylic acids is 1. The number of para-hydroxylation sites is 1. The highest BCUT2D eigenvalue weighted by Crippen LogP contribution is 2.50. The summed E-state index contributed by atoms with van der Waals surface area (Å²) in [4.78, 5) is 15.4. The van der Waals surface area contributed by atoms with Gasteiger partial charge >= 0.3 is 0 Å². The maximum atomic E-state index is 13.5. The fourth-order valence-electron chi connectivity index (χ4n) is 5.44. The lowest BCUT2D eigenvalue weighted by atomic mass is 9.66. The summed E-state index contributed by atoms with van der Waals surface area (Å²) in [5.41, 5.74) is 1.06. The topological polar surface area (TPSA) is 68.2 Å². The highest BCUT2D eigenvalue weighted by atomic mass is 16.5. The Morgan fingerprint density at radius 1 is 1.00 bits per heavy atom. The molecule has 1 heterocycles. The van der Waals surface area contributed by atoms with Crippen LogP contribution in [0.2, 0.25) is 0 Å². The molecule has 176 valence electrons. The summed E-state index contributed by atoms with van der Waals surface area (Å²) in [7, 11) is 4.84. The zero-order chi connectivity index (χ0) is 23.4. The largest absolute Gasteiger partial charge is 0.496 e. The number of piperidine rings is 1. The molecule has 4 rings (SSSR count). The van der Waals surface area contributed by atoms with E-state index in [9.17, 15) is 9.90 Å². The second-order valence-electron chi connectivity index (χ2n) is 8.87. The summed E-state index contributed by atoms with van der Waals surface area (Å²) >= 11 is 0. The number of methoxy groups -OCH3 is 3. The summed E-state index contributed by atoms with van der Waals surface area (Å²) in [5, 5.41) is 11.5. The molecule has 0 aromatic heterocycles. The van der Waals surface area contributed by atoms with Gasteiger partial charge in [0.1, 0.15) is 5.75 Å². The number of carbonyl (C=O) groups is 1. The van der Waals surface area contributed by atoms with Gasteiger partial charge in [-0.25, -0.2) is 0 Å². The Hall–Kier alpha value is -2.99. The van der Waals surface area contributed by atoms with Crippen molar-refractivity contribution in [1.82, 2.24) is 4.90 Å². The fourth-order valence-corrected chi connectivity index (χ4v) is 5.44. The van der Waals surface area contributed by atoms with E-state index in [1.165, 1.54) is 0 Å². The molecule has 1 N–H and O–H groups in total. The van der Waals surface area contributed by atoms with Gasteiger partial charge in [0.2, 0.25) is 5.91 Å². The van der Waals surface area contributed by atoms with Crippen LogP contribution in [0.25, 0.3) is 6.08 Å². The molecular weight excluding hydrogens is 418 g/mol. The second kappa shape index (κ2) is 9.87. The molecule has 6 nitrogen and oxygen atoms in total. The van der Waals surface area contributed by atoms with Crippen LogP contribution in [0.1, 0.15) is 49.3 Å². The number of amides is 1. The van der Waals surface area contributed by atoms with E-state index in [1.54, 1.807) is 33.5 Å². The highest BCUT2D eigenvalue weighted by molar-refractivity contribution is 5.92. The number of rotatable bonds is 6. The zero-order valence-corrected chi connectivity index (χ0v) is 19.6. The maximum Gasteiger partial charge on any atom is 0.247 e. The van der Waals surface area contributed by atoms with Gasteiger partial charge < -0.3 is 24.2 Å². The lowest BCUT2D eigenvalue weighted by Gasteiger charge is -2.52. The highest BCUT2D eigenvalue weighted by Gasteiger charge is 2.50. The van der Waals surface area contributed by atoms with E-state index in [0.29, 0.717) is 24.5 Å². The maximum absolute atomic E-state index is 13.5. The molecule has 1 saturated heterocycles. The van der Waals surface area contributed by atoms with Crippen LogP contribution in [-0.4, -0.2) is 49.4 Å². The van der Waals surface area contributed by atoms with Crippen molar-refractivity contribution in [3.8, 4) is 17.2 Å². The normalized spacial score (nSPS) is 24.9. The van der Waals surface area contributed by atoms with Crippen LogP contribution in [0.4, 0.5) is 0 Å². The third-order valence-electron chi connectivity index (χ3n) is 7.13. The number of fused-ring (bicyclic) bond motifs is 1. The quantitative estimate of drug-likeness (QED) is 0.649. The molecule has 2 aliphatic rings. The predicted octanol–water partition coefficient (Wildman–Crippen LogP) is 4.62. The molecule has 1 saturated carbocycles. The molecule has 0 bridgehead atoms. The summed E-state index contributed by atoms with van der Waals surface area (Å²) in [6, 6.07) is 13.2. The third-order valence-corrected chi connectivity index (χ3v) is 7.13. The van der Waals surface area contributed by atoms with Gasteiger partial charge in [0.15, 0.2) is 11.5 Å². The average Bonchev–Trinajstić information content (AvgIpc) is 2.86. The Morgan fingerprint density at radius 3 is 2.52 bits per heavy atom. The lowest BCUT2D eigenvalue weighted by Crippen LogP contribution is -2.56. The number of nitrogens with zero attached hydrogens (tertiary/aromatic N) is 1. The van der Waals surface area contributed by atoms with Crippen molar-refractivity contribution >= 4 is 12.0 Å². The number of benzene rings is 2. The Kier molecular flexibility index (Phi) is 6.94. The third kappa shape index (κ3) is 4.58. The smallest absolute Gasteiger partial charge is 0.247 e. The molecule has 6 heteroatoms. The van der Waals surface area contributed by atoms with E-state index in [0.717, 1.165) is 42.6 Å². The van der Waals surface area contributed by atoms with Crippen molar-refractivity contribution in [1.29, 1.82) is 0 Å². The van der Waals surface area contributed by atoms with Crippen molar-refractivity contribution in [2.75, 3.05) is 27.9 Å². The molecule has 1 aliphatic carbocycles. The second-order valence-corrected chi connectivity index (χ2v) is 8.87. The van der Waals surface area contributed by atoms with E-state index >= 15 is 0 Å². The van der Waals surface area contributed by atoms with Crippen molar-refractivity contribution in [3.05, 3.63) is 59.7 Å². The van der Waals surface area contributed by atoms with E-state index in [2.05, 4.69) is 0 Å². The first-order chi connectivity index (χ1) is 16.0. The molecule has 0 spiro atoms. The van der Waals surface area contributed by atoms with E-state index in [4.69, 9.17) is 14.2 Å². The lowest BCUT2D eigenvalue weighted by molar-refractivity contribution is -0.151. The van der Waals surface area contributed by atoms with Crippen LogP contribution in [0.5, 0.6) is 17.2 Å². The Bertz CT molecular complexity index is 1020. The Balaban J connectivity index is 1.66. The molecule has 33 heavy (non-hydrogen) atoms. The Morgan fingerprint density at radius 2 is 1.76 bits per heavy atom. The summed E-state index contributed by atoms with van der Waals surface area (Å²) in [6.45, 7) is 0.505. The number of hydrogen-bond donors (Lipinski definition) is 1. The van der Waals surface area contributed by atoms with Crippen LogP contribution in [0.15, 0.2) is 48.5 Å². The standard InChI is InChI=1S/C27H33NO5/c1-31-22-10-5-4-8-20(22)26-21-9-6-7-15-27(21,30)16-17-28(26)25(29)14-12-19-11-13-23(32-2)24(18-19)33-3/h4-5,8,10-14,18,21,26,30H,6-7,9,15-17H2,1-3H3/b14-12+/t21?,26-,27?/m0/s1. The minimum absolute atomic E-state index is 0.0188. The molecule has 3 atom stereocenters. The van der Waals surface area contributed by atoms with Crippen molar-refractivity contribution in [2.45, 2.75) is 43.7 Å². The van der Waals surface area contributed by atoms with Crippen LogP contribution in [0, 0.1) is 5.92 Å². The van der Waals surface area contributed by atoms with Gasteiger partial charge in [-0.05, 0) is 49.1 Å². The Labute approximate surface area is 195 Å². The number of aliphatic hydroxyl groups is 1. The van der Waals surface area contributed by atoms with Gasteiger partial charge in [-0.1, -0.05) is 37.1 Å². The molecule has 1 aliphatic heterocycles. The van der Waals surface area contributed by atoms with Crippen LogP contribution < -0.4 is 14.2 Å². The summed E-state index contributed by atoms with van der Waals surface area (Å²) in [5.74, 6) is 1.91. The van der Waals surface area contributed by atoms with Crippen molar-refractivity contribution in [3.63, 3.8) is 0 Å². The van der Waals surface area contributed by atoms with Crippen LogP contribution >= 0.6 is 0 Å². The van der Waals surface area contributed by atoms with Gasteiger partial charge in [0, 0.05) is 24.1 Å². The number of likely N-dealkylation sites (tertiary alicyclic amines) is 1. The van der Waals surface area contributed by atoms with Gasteiger partial charge in [0.05, 0.1) is 33.0 Å². The molecule has 1 amide bonds. The van der Waals surface area contributed by atoms with Gasteiger partial charge in [0.25, 0.3) is 0 Å².